The topological polar surface area (TPSA) is 63.6 Å². The SMILES string of the molecule is C=CC.CCCOC(=O)C1CCCCC1C(=O)O. The molecule has 0 amide bonds. The number of hydrogen-bond acceptors (Lipinski definition) is 3. The van der Waals surface area contributed by atoms with Gasteiger partial charge in [0.15, 0.2) is 0 Å². The fourth-order valence-corrected chi connectivity index (χ4v) is 2.02. The highest BCUT2D eigenvalue weighted by Gasteiger charge is 2.36. The minimum absolute atomic E-state index is 0.330. The summed E-state index contributed by atoms with van der Waals surface area (Å²) in [5.74, 6) is -2.16. The van der Waals surface area contributed by atoms with Crippen LogP contribution >= 0.6 is 0 Å². The Labute approximate surface area is 109 Å². The van der Waals surface area contributed by atoms with E-state index in [4.69, 9.17) is 9.84 Å². The van der Waals surface area contributed by atoms with Gasteiger partial charge < -0.3 is 9.84 Å². The van der Waals surface area contributed by atoms with Gasteiger partial charge >= 0.3 is 11.9 Å². The van der Waals surface area contributed by atoms with E-state index in [2.05, 4.69) is 6.58 Å². The summed E-state index contributed by atoms with van der Waals surface area (Å²) in [6.07, 6.45) is 5.60. The highest BCUT2D eigenvalue weighted by molar-refractivity contribution is 5.81. The monoisotopic (exact) mass is 256 g/mol. The van der Waals surface area contributed by atoms with Crippen LogP contribution in [0.3, 0.4) is 0 Å². The Balaban J connectivity index is 0.000000873. The molecule has 0 radical (unpaired) electrons. The third-order valence-electron chi connectivity index (χ3n) is 2.83. The number of carboxylic acid groups (broad SMARTS) is 1. The second-order valence-electron chi connectivity index (χ2n) is 4.41. The van der Waals surface area contributed by atoms with Crippen molar-refractivity contribution in [1.29, 1.82) is 0 Å². The molecular weight excluding hydrogens is 232 g/mol. The maximum absolute atomic E-state index is 11.6. The summed E-state index contributed by atoms with van der Waals surface area (Å²) in [7, 11) is 0. The van der Waals surface area contributed by atoms with Gasteiger partial charge in [-0.3, -0.25) is 9.59 Å². The summed E-state index contributed by atoms with van der Waals surface area (Å²) in [5.41, 5.74) is 0. The molecule has 0 spiro atoms. The predicted molar refractivity (Wildman–Crippen MR) is 70.2 cm³/mol. The molecule has 0 bridgehead atoms. The van der Waals surface area contributed by atoms with Gasteiger partial charge in [0.1, 0.15) is 0 Å². The van der Waals surface area contributed by atoms with Crippen LogP contribution in [0.1, 0.15) is 46.0 Å². The van der Waals surface area contributed by atoms with E-state index in [1.54, 1.807) is 6.08 Å². The Morgan fingerprint density at radius 2 is 1.83 bits per heavy atom. The standard InChI is InChI=1S/C11H18O4.C3H6/c1-2-7-15-11(14)9-6-4-3-5-8(9)10(12)13;1-3-2/h8-9H,2-7H2,1H3,(H,12,13);3H,1H2,2H3. The molecule has 1 N–H and O–H groups in total. The first-order valence-corrected chi connectivity index (χ1v) is 6.54. The first-order valence-electron chi connectivity index (χ1n) is 6.54. The zero-order valence-electron chi connectivity index (χ0n) is 11.4. The van der Waals surface area contributed by atoms with Gasteiger partial charge in [-0.2, -0.15) is 0 Å². The van der Waals surface area contributed by atoms with E-state index in [9.17, 15) is 9.59 Å². The molecule has 1 aliphatic carbocycles. The van der Waals surface area contributed by atoms with Crippen LogP contribution in [0.15, 0.2) is 12.7 Å². The van der Waals surface area contributed by atoms with E-state index >= 15 is 0 Å². The van der Waals surface area contributed by atoms with Gasteiger partial charge in [-0.15, -0.1) is 6.58 Å². The summed E-state index contributed by atoms with van der Waals surface area (Å²) in [4.78, 5) is 22.5. The quantitative estimate of drug-likeness (QED) is 0.620. The number of ether oxygens (including phenoxy) is 1. The molecule has 2 unspecified atom stereocenters. The molecule has 1 fully saturated rings. The fourth-order valence-electron chi connectivity index (χ4n) is 2.02. The zero-order valence-corrected chi connectivity index (χ0v) is 11.4. The van der Waals surface area contributed by atoms with E-state index in [-0.39, 0.29) is 5.97 Å². The lowest BCUT2D eigenvalue weighted by atomic mass is 9.79. The van der Waals surface area contributed by atoms with Crippen molar-refractivity contribution >= 4 is 11.9 Å². The molecule has 0 aliphatic heterocycles. The highest BCUT2D eigenvalue weighted by Crippen LogP contribution is 2.31. The Morgan fingerprint density at radius 1 is 1.33 bits per heavy atom. The number of carboxylic acids is 1. The largest absolute Gasteiger partial charge is 0.481 e. The van der Waals surface area contributed by atoms with Crippen molar-refractivity contribution in [3.63, 3.8) is 0 Å². The number of allylic oxidation sites excluding steroid dienone is 1. The third-order valence-corrected chi connectivity index (χ3v) is 2.83. The molecule has 4 heteroatoms. The van der Waals surface area contributed by atoms with Crippen molar-refractivity contribution in [3.05, 3.63) is 12.7 Å². The molecule has 0 saturated heterocycles. The number of esters is 1. The molecule has 104 valence electrons. The molecule has 1 saturated carbocycles. The Bertz CT molecular complexity index is 273. The molecule has 18 heavy (non-hydrogen) atoms. The van der Waals surface area contributed by atoms with Crippen molar-refractivity contribution < 1.29 is 19.4 Å². The van der Waals surface area contributed by atoms with Crippen LogP contribution in [-0.2, 0) is 14.3 Å². The molecule has 0 aromatic rings. The van der Waals surface area contributed by atoms with Crippen LogP contribution in [0.5, 0.6) is 0 Å². The molecule has 1 rings (SSSR count). The van der Waals surface area contributed by atoms with E-state index in [0.717, 1.165) is 19.3 Å². The van der Waals surface area contributed by atoms with Crippen LogP contribution < -0.4 is 0 Å². The second kappa shape index (κ2) is 9.68. The van der Waals surface area contributed by atoms with Gasteiger partial charge in [0.05, 0.1) is 18.4 Å². The van der Waals surface area contributed by atoms with E-state index in [1.807, 2.05) is 13.8 Å². The lowest BCUT2D eigenvalue weighted by Crippen LogP contribution is -2.33. The third kappa shape index (κ3) is 5.84. The Morgan fingerprint density at radius 3 is 2.28 bits per heavy atom. The number of hydrogen-bond donors (Lipinski definition) is 1. The van der Waals surface area contributed by atoms with Crippen molar-refractivity contribution in [2.24, 2.45) is 11.8 Å². The zero-order chi connectivity index (χ0) is 14.0. The van der Waals surface area contributed by atoms with Gasteiger partial charge in [0, 0.05) is 0 Å². The molecular formula is C14H24O4. The van der Waals surface area contributed by atoms with Crippen LogP contribution in [0.25, 0.3) is 0 Å². The average Bonchev–Trinajstić information content (AvgIpc) is 2.36. The van der Waals surface area contributed by atoms with Crippen molar-refractivity contribution in [2.45, 2.75) is 46.0 Å². The number of carbonyl (C=O) groups is 2. The normalized spacial score (nSPS) is 22.3. The number of rotatable bonds is 4. The second-order valence-corrected chi connectivity index (χ2v) is 4.41. The fraction of sp³-hybridized carbons (Fsp3) is 0.714. The predicted octanol–water partition coefficient (Wildman–Crippen LogP) is 3.02. The maximum Gasteiger partial charge on any atom is 0.309 e. The summed E-state index contributed by atoms with van der Waals surface area (Å²) in [6.45, 7) is 7.56. The lowest BCUT2D eigenvalue weighted by molar-refractivity contribution is -0.159. The Hall–Kier alpha value is -1.32. The van der Waals surface area contributed by atoms with Gasteiger partial charge in [0.25, 0.3) is 0 Å². The summed E-state index contributed by atoms with van der Waals surface area (Å²) >= 11 is 0. The highest BCUT2D eigenvalue weighted by atomic mass is 16.5. The van der Waals surface area contributed by atoms with Crippen molar-refractivity contribution in [3.8, 4) is 0 Å². The van der Waals surface area contributed by atoms with Crippen LogP contribution in [0.2, 0.25) is 0 Å². The van der Waals surface area contributed by atoms with E-state index < -0.39 is 17.8 Å². The maximum atomic E-state index is 11.6. The first-order chi connectivity index (χ1) is 8.58. The minimum atomic E-state index is -0.867. The van der Waals surface area contributed by atoms with E-state index in [0.29, 0.717) is 19.4 Å². The molecule has 4 nitrogen and oxygen atoms in total. The van der Waals surface area contributed by atoms with Gasteiger partial charge in [-0.05, 0) is 26.2 Å². The van der Waals surface area contributed by atoms with Crippen molar-refractivity contribution in [1.82, 2.24) is 0 Å². The lowest BCUT2D eigenvalue weighted by Gasteiger charge is -2.26. The number of carbonyl (C=O) groups excluding carboxylic acids is 1. The van der Waals surface area contributed by atoms with Crippen LogP contribution in [0.4, 0.5) is 0 Å². The number of aliphatic carboxylic acids is 1. The van der Waals surface area contributed by atoms with Crippen LogP contribution in [-0.4, -0.2) is 23.7 Å². The molecule has 2 atom stereocenters. The smallest absolute Gasteiger partial charge is 0.309 e. The molecule has 0 heterocycles. The summed E-state index contributed by atoms with van der Waals surface area (Å²) < 4.78 is 5.01. The van der Waals surface area contributed by atoms with Gasteiger partial charge in [0.2, 0.25) is 0 Å². The Kier molecular flexibility index (Phi) is 8.97. The minimum Gasteiger partial charge on any atom is -0.481 e. The van der Waals surface area contributed by atoms with Crippen LogP contribution in [0, 0.1) is 11.8 Å². The first kappa shape index (κ1) is 16.7. The molecule has 0 aromatic heterocycles. The molecule has 1 aliphatic rings. The van der Waals surface area contributed by atoms with Gasteiger partial charge in [-0.1, -0.05) is 25.8 Å². The van der Waals surface area contributed by atoms with Gasteiger partial charge in [-0.25, -0.2) is 0 Å². The van der Waals surface area contributed by atoms with E-state index in [1.165, 1.54) is 0 Å². The summed E-state index contributed by atoms with van der Waals surface area (Å²) in [5, 5.41) is 8.98. The summed E-state index contributed by atoms with van der Waals surface area (Å²) in [6, 6.07) is 0. The molecule has 0 aromatic carbocycles. The van der Waals surface area contributed by atoms with Crippen molar-refractivity contribution in [2.75, 3.05) is 6.61 Å². The average molecular weight is 256 g/mol.